The number of nitrogens with one attached hydrogen (secondary N) is 1. The lowest BCUT2D eigenvalue weighted by Gasteiger charge is -2.18. The van der Waals surface area contributed by atoms with Gasteiger partial charge in [-0.2, -0.15) is 0 Å². The lowest BCUT2D eigenvalue weighted by atomic mass is 9.99. The van der Waals surface area contributed by atoms with Gasteiger partial charge in [-0.3, -0.25) is 4.98 Å². The molecule has 0 saturated carbocycles. The molecule has 0 aliphatic carbocycles. The average molecular weight is 206 g/mol. The van der Waals surface area contributed by atoms with Crippen LogP contribution < -0.4 is 5.32 Å². The molecule has 1 unspecified atom stereocenters. The standard InChI is InChI=1S/C13H22N2/c1-10(2)7-8-12(14-4)13-11(3)6-5-9-15-13/h5-6,9-10,12,14H,7-8H2,1-4H3. The van der Waals surface area contributed by atoms with Crippen LogP contribution in [0.2, 0.25) is 0 Å². The summed E-state index contributed by atoms with van der Waals surface area (Å²) < 4.78 is 0. The zero-order valence-electron chi connectivity index (χ0n) is 10.2. The first-order chi connectivity index (χ1) is 7.15. The van der Waals surface area contributed by atoms with Gasteiger partial charge in [0.1, 0.15) is 0 Å². The van der Waals surface area contributed by atoms with Crippen LogP contribution in [-0.4, -0.2) is 12.0 Å². The van der Waals surface area contributed by atoms with Crippen molar-refractivity contribution in [2.75, 3.05) is 7.05 Å². The van der Waals surface area contributed by atoms with Crippen molar-refractivity contribution in [3.8, 4) is 0 Å². The Kier molecular flexibility index (Phi) is 4.76. The summed E-state index contributed by atoms with van der Waals surface area (Å²) >= 11 is 0. The van der Waals surface area contributed by atoms with Crippen molar-refractivity contribution in [1.29, 1.82) is 0 Å². The first-order valence-corrected chi connectivity index (χ1v) is 5.74. The van der Waals surface area contributed by atoms with E-state index in [1.54, 1.807) is 0 Å². The summed E-state index contributed by atoms with van der Waals surface area (Å²) in [6.07, 6.45) is 4.27. The molecule has 1 atom stereocenters. The molecule has 1 heterocycles. The van der Waals surface area contributed by atoms with E-state index in [9.17, 15) is 0 Å². The highest BCUT2D eigenvalue weighted by Gasteiger charge is 2.12. The lowest BCUT2D eigenvalue weighted by Crippen LogP contribution is -2.19. The van der Waals surface area contributed by atoms with Crippen LogP contribution in [0.4, 0.5) is 0 Å². The molecule has 2 heteroatoms. The molecular formula is C13H22N2. The van der Waals surface area contributed by atoms with Crippen LogP contribution >= 0.6 is 0 Å². The Morgan fingerprint density at radius 2 is 2.07 bits per heavy atom. The van der Waals surface area contributed by atoms with Crippen LogP contribution in [0.1, 0.15) is 44.0 Å². The molecule has 0 bridgehead atoms. The molecule has 1 aromatic rings. The predicted octanol–water partition coefficient (Wildman–Crippen LogP) is 3.09. The average Bonchev–Trinajstić information content (AvgIpc) is 2.21. The monoisotopic (exact) mass is 206 g/mol. The lowest BCUT2D eigenvalue weighted by molar-refractivity contribution is 0.456. The Morgan fingerprint density at radius 3 is 2.60 bits per heavy atom. The van der Waals surface area contributed by atoms with Crippen molar-refractivity contribution in [1.82, 2.24) is 10.3 Å². The maximum Gasteiger partial charge on any atom is 0.0602 e. The highest BCUT2D eigenvalue weighted by Crippen LogP contribution is 2.21. The predicted molar refractivity (Wildman–Crippen MR) is 64.8 cm³/mol. The molecule has 0 aromatic carbocycles. The second kappa shape index (κ2) is 5.86. The molecule has 2 nitrogen and oxygen atoms in total. The van der Waals surface area contributed by atoms with Crippen molar-refractivity contribution in [2.24, 2.45) is 5.92 Å². The fourth-order valence-electron chi connectivity index (χ4n) is 1.78. The molecular weight excluding hydrogens is 184 g/mol. The van der Waals surface area contributed by atoms with Gasteiger partial charge < -0.3 is 5.32 Å². The molecule has 0 spiro atoms. The van der Waals surface area contributed by atoms with E-state index in [0.717, 1.165) is 12.3 Å². The fourth-order valence-corrected chi connectivity index (χ4v) is 1.78. The van der Waals surface area contributed by atoms with Gasteiger partial charge in [0.2, 0.25) is 0 Å². The van der Waals surface area contributed by atoms with Crippen molar-refractivity contribution in [3.63, 3.8) is 0 Å². The first-order valence-electron chi connectivity index (χ1n) is 5.74. The normalized spacial score (nSPS) is 13.1. The molecule has 1 rings (SSSR count). The number of pyridine rings is 1. The molecule has 84 valence electrons. The maximum absolute atomic E-state index is 4.46. The van der Waals surface area contributed by atoms with Crippen molar-refractivity contribution in [2.45, 2.75) is 39.7 Å². The van der Waals surface area contributed by atoms with Gasteiger partial charge in [0.15, 0.2) is 0 Å². The Morgan fingerprint density at radius 1 is 1.33 bits per heavy atom. The summed E-state index contributed by atoms with van der Waals surface area (Å²) in [4.78, 5) is 4.46. The molecule has 0 amide bonds. The van der Waals surface area contributed by atoms with E-state index in [1.807, 2.05) is 19.3 Å². The van der Waals surface area contributed by atoms with Gasteiger partial charge in [-0.05, 0) is 44.4 Å². The minimum Gasteiger partial charge on any atom is -0.312 e. The largest absolute Gasteiger partial charge is 0.312 e. The van der Waals surface area contributed by atoms with Crippen LogP contribution in [0.3, 0.4) is 0 Å². The molecule has 0 saturated heterocycles. The second-order valence-corrected chi connectivity index (χ2v) is 4.52. The van der Waals surface area contributed by atoms with E-state index in [0.29, 0.717) is 6.04 Å². The third-order valence-electron chi connectivity index (χ3n) is 2.76. The summed E-state index contributed by atoms with van der Waals surface area (Å²) in [7, 11) is 2.01. The van der Waals surface area contributed by atoms with Gasteiger partial charge >= 0.3 is 0 Å². The quantitative estimate of drug-likeness (QED) is 0.800. The van der Waals surface area contributed by atoms with E-state index in [-0.39, 0.29) is 0 Å². The number of nitrogens with zero attached hydrogens (tertiary/aromatic N) is 1. The van der Waals surface area contributed by atoms with Gasteiger partial charge in [-0.25, -0.2) is 0 Å². The fraction of sp³-hybridized carbons (Fsp3) is 0.615. The van der Waals surface area contributed by atoms with Crippen LogP contribution in [-0.2, 0) is 0 Å². The van der Waals surface area contributed by atoms with Crippen molar-refractivity contribution >= 4 is 0 Å². The minimum absolute atomic E-state index is 0.397. The number of aromatic nitrogens is 1. The third-order valence-corrected chi connectivity index (χ3v) is 2.76. The minimum atomic E-state index is 0.397. The Balaban J connectivity index is 2.70. The number of hydrogen-bond acceptors (Lipinski definition) is 2. The number of hydrogen-bond donors (Lipinski definition) is 1. The second-order valence-electron chi connectivity index (χ2n) is 4.52. The summed E-state index contributed by atoms with van der Waals surface area (Å²) in [5.41, 5.74) is 2.47. The number of rotatable bonds is 5. The van der Waals surface area contributed by atoms with Gasteiger partial charge in [0.05, 0.1) is 5.69 Å². The van der Waals surface area contributed by atoms with E-state index in [1.165, 1.54) is 17.7 Å². The topological polar surface area (TPSA) is 24.9 Å². The summed E-state index contributed by atoms with van der Waals surface area (Å²) in [6.45, 7) is 6.65. The first kappa shape index (κ1) is 12.2. The number of aryl methyl sites for hydroxylation is 1. The van der Waals surface area contributed by atoms with Crippen LogP contribution in [0.5, 0.6) is 0 Å². The molecule has 15 heavy (non-hydrogen) atoms. The summed E-state index contributed by atoms with van der Waals surface area (Å²) in [5, 5.41) is 3.35. The Labute approximate surface area is 93.1 Å². The third kappa shape index (κ3) is 3.63. The molecule has 0 fully saturated rings. The van der Waals surface area contributed by atoms with E-state index < -0.39 is 0 Å². The van der Waals surface area contributed by atoms with E-state index in [4.69, 9.17) is 0 Å². The van der Waals surface area contributed by atoms with Gasteiger partial charge in [0.25, 0.3) is 0 Å². The van der Waals surface area contributed by atoms with Gasteiger partial charge in [-0.15, -0.1) is 0 Å². The van der Waals surface area contributed by atoms with Crippen LogP contribution in [0.25, 0.3) is 0 Å². The molecule has 1 N–H and O–H groups in total. The smallest absolute Gasteiger partial charge is 0.0602 e. The molecule has 0 aliphatic heterocycles. The van der Waals surface area contributed by atoms with E-state index >= 15 is 0 Å². The Hall–Kier alpha value is -0.890. The highest BCUT2D eigenvalue weighted by atomic mass is 14.9. The Bertz CT molecular complexity index is 294. The zero-order chi connectivity index (χ0) is 11.3. The molecule has 0 aliphatic rings. The molecule has 0 radical (unpaired) electrons. The van der Waals surface area contributed by atoms with Gasteiger partial charge in [0, 0.05) is 12.2 Å². The van der Waals surface area contributed by atoms with Gasteiger partial charge in [-0.1, -0.05) is 19.9 Å². The zero-order valence-corrected chi connectivity index (χ0v) is 10.2. The SMILES string of the molecule is CNC(CCC(C)C)c1ncccc1C. The van der Waals surface area contributed by atoms with Crippen LogP contribution in [0, 0.1) is 12.8 Å². The van der Waals surface area contributed by atoms with Crippen molar-refractivity contribution < 1.29 is 0 Å². The summed E-state index contributed by atoms with van der Waals surface area (Å²) in [6, 6.07) is 4.52. The maximum atomic E-state index is 4.46. The van der Waals surface area contributed by atoms with Crippen LogP contribution in [0.15, 0.2) is 18.3 Å². The van der Waals surface area contributed by atoms with E-state index in [2.05, 4.69) is 37.1 Å². The van der Waals surface area contributed by atoms with Crippen molar-refractivity contribution in [3.05, 3.63) is 29.6 Å². The summed E-state index contributed by atoms with van der Waals surface area (Å²) in [5.74, 6) is 0.755. The molecule has 1 aromatic heterocycles. The highest BCUT2D eigenvalue weighted by molar-refractivity contribution is 5.20.